The zero-order chi connectivity index (χ0) is 44.6. The lowest BCUT2D eigenvalue weighted by atomic mass is 9.99. The Morgan fingerprint density at radius 2 is 0.803 bits per heavy atom. The van der Waals surface area contributed by atoms with Gasteiger partial charge in [0.1, 0.15) is 62.5 Å². The maximum Gasteiger partial charge on any atom is 0.305 e. The maximum atomic E-state index is 12.5. The predicted molar refractivity (Wildman–Crippen MR) is 235 cm³/mol. The summed E-state index contributed by atoms with van der Waals surface area (Å²) in [6.07, 6.45) is 23.6. The van der Waals surface area contributed by atoms with Crippen LogP contribution in [0, 0.1) is 0 Å². The average Bonchev–Trinajstić information content (AvgIpc) is 3.49. The molecule has 9 atom stereocenters. The molecule has 0 amide bonds. The minimum atomic E-state index is -2.33. The van der Waals surface area contributed by atoms with Crippen molar-refractivity contribution >= 4 is 11.9 Å². The molecule has 2 rings (SSSR count). The van der Waals surface area contributed by atoms with E-state index in [1.165, 1.54) is 141 Å². The van der Waals surface area contributed by atoms with Crippen molar-refractivity contribution in [3.63, 3.8) is 0 Å². The topological polar surface area (TPSA) is 202 Å². The highest BCUT2D eigenvalue weighted by Crippen LogP contribution is 2.36. The molecule has 13 nitrogen and oxygen atoms in total. The molecule has 2 aliphatic heterocycles. The zero-order valence-corrected chi connectivity index (χ0v) is 38.4. The van der Waals surface area contributed by atoms with Crippen LogP contribution < -0.4 is 0 Å². The molecule has 360 valence electrons. The van der Waals surface area contributed by atoms with Crippen LogP contribution in [0.25, 0.3) is 0 Å². The van der Waals surface area contributed by atoms with E-state index in [0.717, 1.165) is 38.5 Å². The normalized spacial score (nSPS) is 26.5. The van der Waals surface area contributed by atoms with Gasteiger partial charge in [-0.2, -0.15) is 0 Å². The molecular weight excluding hydrogens is 785 g/mol. The van der Waals surface area contributed by atoms with Gasteiger partial charge in [0.2, 0.25) is 5.79 Å². The molecule has 0 aromatic heterocycles. The fraction of sp³-hybridized carbons (Fsp3) is 0.958. The van der Waals surface area contributed by atoms with E-state index in [1.807, 2.05) is 0 Å². The molecule has 13 heteroatoms. The second kappa shape index (κ2) is 34.9. The lowest BCUT2D eigenvalue weighted by Crippen LogP contribution is -2.62. The Morgan fingerprint density at radius 1 is 0.459 bits per heavy atom. The molecule has 61 heavy (non-hydrogen) atoms. The number of carbonyl (C=O) groups excluding carboxylic acids is 2. The Hall–Kier alpha value is -1.42. The SMILES string of the molecule is CCCCCCCCCCCCCCCCCC(=O)OC[C@H]1O[C@@](CO)(O[C@H]2O[C@H](COC(=O)CCCCCCCCCCCCCCCCC)[C@@H](O)[C@H](O)[C@H]2O)[C@@H](O)[C@@H]1O. The number of aliphatic hydroxyl groups is 6. The molecule has 0 unspecified atom stereocenters. The van der Waals surface area contributed by atoms with Gasteiger partial charge in [-0.05, 0) is 12.8 Å². The number of hydrogen-bond donors (Lipinski definition) is 6. The standard InChI is InChI=1S/C48H90O13/c1-3-5-7-9-11-13-15-17-19-21-23-25-27-29-31-33-40(50)57-35-38-42(52)44(54)45(55)47(59-38)61-48(37-49)46(56)43(53)39(60-48)36-58-41(51)34-32-30-28-26-24-22-20-18-16-14-12-10-8-6-4-2/h38-39,42-47,49,52-56H,3-37H2,1-2H3/t38-,39-,42-,43-,44+,45-,46+,47-,48+/m1/s1. The van der Waals surface area contributed by atoms with Gasteiger partial charge in [0, 0.05) is 12.8 Å². The number of esters is 2. The Bertz CT molecular complexity index is 1080. The summed E-state index contributed by atoms with van der Waals surface area (Å²) < 4.78 is 27.7. The molecule has 2 aliphatic rings. The Morgan fingerprint density at radius 3 is 1.16 bits per heavy atom. The van der Waals surface area contributed by atoms with Gasteiger partial charge in [0.25, 0.3) is 0 Å². The molecule has 2 fully saturated rings. The zero-order valence-electron chi connectivity index (χ0n) is 38.4. The first kappa shape index (κ1) is 55.7. The lowest BCUT2D eigenvalue weighted by Gasteiger charge is -2.43. The first-order valence-corrected chi connectivity index (χ1v) is 24.9. The van der Waals surface area contributed by atoms with Crippen LogP contribution in [0.1, 0.15) is 219 Å². The van der Waals surface area contributed by atoms with Crippen LogP contribution in [-0.4, -0.2) is 117 Å². The number of carbonyl (C=O) groups is 2. The Kier molecular flexibility index (Phi) is 31.9. The fourth-order valence-electron chi connectivity index (χ4n) is 8.38. The summed E-state index contributed by atoms with van der Waals surface area (Å²) in [6, 6.07) is 0. The van der Waals surface area contributed by atoms with Crippen molar-refractivity contribution in [2.45, 2.75) is 274 Å². The van der Waals surface area contributed by atoms with Gasteiger partial charge in [0.15, 0.2) is 6.29 Å². The van der Waals surface area contributed by atoms with E-state index in [0.29, 0.717) is 12.8 Å². The minimum absolute atomic E-state index is 0.184. The molecule has 2 heterocycles. The Balaban J connectivity index is 1.62. The molecule has 6 N–H and O–H groups in total. The van der Waals surface area contributed by atoms with Crippen LogP contribution in [0.15, 0.2) is 0 Å². The van der Waals surface area contributed by atoms with E-state index in [-0.39, 0.29) is 12.8 Å². The van der Waals surface area contributed by atoms with Crippen LogP contribution in [0.3, 0.4) is 0 Å². The largest absolute Gasteiger partial charge is 0.463 e. The summed E-state index contributed by atoms with van der Waals surface area (Å²) in [5.41, 5.74) is 0. The van der Waals surface area contributed by atoms with Crippen molar-refractivity contribution in [2.24, 2.45) is 0 Å². The highest BCUT2D eigenvalue weighted by molar-refractivity contribution is 5.69. The van der Waals surface area contributed by atoms with Crippen LogP contribution in [0.4, 0.5) is 0 Å². The van der Waals surface area contributed by atoms with Crippen molar-refractivity contribution in [2.75, 3.05) is 19.8 Å². The van der Waals surface area contributed by atoms with Crippen LogP contribution >= 0.6 is 0 Å². The number of rotatable bonds is 39. The molecule has 0 aliphatic carbocycles. The van der Waals surface area contributed by atoms with Gasteiger partial charge < -0.3 is 54.3 Å². The molecule has 0 spiro atoms. The van der Waals surface area contributed by atoms with Crippen molar-refractivity contribution in [3.05, 3.63) is 0 Å². The predicted octanol–water partition coefficient (Wildman–Crippen LogP) is 8.23. The Labute approximate surface area is 369 Å². The van der Waals surface area contributed by atoms with Gasteiger partial charge >= 0.3 is 11.9 Å². The van der Waals surface area contributed by atoms with Crippen molar-refractivity contribution in [3.8, 4) is 0 Å². The van der Waals surface area contributed by atoms with E-state index in [4.69, 9.17) is 23.7 Å². The van der Waals surface area contributed by atoms with Gasteiger partial charge in [0.05, 0.1) is 0 Å². The number of ether oxygens (including phenoxy) is 5. The number of aliphatic hydroxyl groups excluding tert-OH is 6. The minimum Gasteiger partial charge on any atom is -0.463 e. The van der Waals surface area contributed by atoms with Crippen LogP contribution in [0.2, 0.25) is 0 Å². The first-order chi connectivity index (χ1) is 29.6. The third kappa shape index (κ3) is 23.4. The smallest absolute Gasteiger partial charge is 0.305 e. The molecule has 0 aromatic rings. The molecule has 0 bridgehead atoms. The summed E-state index contributed by atoms with van der Waals surface area (Å²) in [4.78, 5) is 24.9. The fourth-order valence-corrected chi connectivity index (χ4v) is 8.38. The van der Waals surface area contributed by atoms with E-state index in [9.17, 15) is 40.2 Å². The third-order valence-electron chi connectivity index (χ3n) is 12.5. The highest BCUT2D eigenvalue weighted by atomic mass is 16.8. The van der Waals surface area contributed by atoms with Gasteiger partial charge in [-0.1, -0.05) is 194 Å². The first-order valence-electron chi connectivity index (χ1n) is 24.9. The average molecular weight is 875 g/mol. The van der Waals surface area contributed by atoms with Gasteiger partial charge in [-0.25, -0.2) is 0 Å². The molecular formula is C48H90O13. The van der Waals surface area contributed by atoms with E-state index in [2.05, 4.69) is 13.8 Å². The van der Waals surface area contributed by atoms with Crippen LogP contribution in [0.5, 0.6) is 0 Å². The van der Waals surface area contributed by atoms with E-state index in [1.54, 1.807) is 0 Å². The second-order valence-electron chi connectivity index (χ2n) is 18.0. The van der Waals surface area contributed by atoms with Gasteiger partial charge in [-0.15, -0.1) is 0 Å². The summed E-state index contributed by atoms with van der Waals surface area (Å²) in [5, 5.41) is 63.7. The number of unbranched alkanes of at least 4 members (excludes halogenated alkanes) is 28. The summed E-state index contributed by atoms with van der Waals surface area (Å²) in [5.74, 6) is -3.31. The lowest BCUT2D eigenvalue weighted by molar-refractivity contribution is -0.383. The van der Waals surface area contributed by atoms with Gasteiger partial charge in [-0.3, -0.25) is 9.59 Å². The highest BCUT2D eigenvalue weighted by Gasteiger charge is 2.59. The quantitative estimate of drug-likeness (QED) is 0.0255. The summed E-state index contributed by atoms with van der Waals surface area (Å²) >= 11 is 0. The molecule has 2 saturated heterocycles. The van der Waals surface area contributed by atoms with Crippen molar-refractivity contribution in [1.29, 1.82) is 0 Å². The molecule has 0 saturated carbocycles. The number of hydrogen-bond acceptors (Lipinski definition) is 13. The maximum absolute atomic E-state index is 12.5. The monoisotopic (exact) mass is 875 g/mol. The second-order valence-corrected chi connectivity index (χ2v) is 18.0. The molecule has 0 aromatic carbocycles. The van der Waals surface area contributed by atoms with E-state index >= 15 is 0 Å². The van der Waals surface area contributed by atoms with Crippen LogP contribution in [-0.2, 0) is 33.3 Å². The van der Waals surface area contributed by atoms with Crippen molar-refractivity contribution in [1.82, 2.24) is 0 Å². The summed E-state index contributed by atoms with van der Waals surface area (Å²) in [7, 11) is 0. The van der Waals surface area contributed by atoms with E-state index < -0.39 is 86.6 Å². The summed E-state index contributed by atoms with van der Waals surface area (Å²) in [6.45, 7) is 2.62. The molecule has 0 radical (unpaired) electrons. The van der Waals surface area contributed by atoms with Crippen molar-refractivity contribution < 1.29 is 63.9 Å². The third-order valence-corrected chi connectivity index (χ3v) is 12.5.